The molecule has 3 rings (SSSR count). The molecule has 8 heteroatoms. The summed E-state index contributed by atoms with van der Waals surface area (Å²) in [7, 11) is 0. The van der Waals surface area contributed by atoms with Crippen molar-refractivity contribution in [3.63, 3.8) is 0 Å². The van der Waals surface area contributed by atoms with Gasteiger partial charge in [0.05, 0.1) is 0 Å². The molecule has 0 radical (unpaired) electrons. The van der Waals surface area contributed by atoms with Crippen LogP contribution in [-0.2, 0) is 0 Å². The quantitative estimate of drug-likeness (QED) is 0.392. The molecule has 2 aromatic heterocycles. The summed E-state index contributed by atoms with van der Waals surface area (Å²) in [6.07, 6.45) is 8.60. The molecule has 0 unspecified atom stereocenters. The molecule has 0 spiro atoms. The summed E-state index contributed by atoms with van der Waals surface area (Å²) in [4.78, 5) is 12.7. The van der Waals surface area contributed by atoms with Crippen molar-refractivity contribution in [3.05, 3.63) is 18.5 Å². The fourth-order valence-corrected chi connectivity index (χ4v) is 2.00. The molecule has 0 aromatic carbocycles. The summed E-state index contributed by atoms with van der Waals surface area (Å²) in [6.45, 7) is 0.850. The zero-order chi connectivity index (χ0) is 13.8. The zero-order valence-electron chi connectivity index (χ0n) is 11.2. The van der Waals surface area contributed by atoms with Crippen molar-refractivity contribution >= 4 is 11.9 Å². The Kier molecular flexibility index (Phi) is 3.73. The molecule has 1 aliphatic rings. The Morgan fingerprint density at radius 2 is 2.10 bits per heavy atom. The van der Waals surface area contributed by atoms with Crippen LogP contribution in [0.5, 0.6) is 0 Å². The van der Waals surface area contributed by atoms with Gasteiger partial charge in [-0.25, -0.2) is 10.5 Å². The first-order chi connectivity index (χ1) is 9.85. The van der Waals surface area contributed by atoms with Crippen molar-refractivity contribution in [2.45, 2.75) is 25.7 Å². The molecule has 106 valence electrons. The smallest absolute Gasteiger partial charge is 0.257 e. The third-order valence-electron chi connectivity index (χ3n) is 3.23. The lowest BCUT2D eigenvalue weighted by atomic mass is 10.2. The van der Waals surface area contributed by atoms with Crippen LogP contribution in [0.2, 0.25) is 0 Å². The van der Waals surface area contributed by atoms with Gasteiger partial charge in [0.2, 0.25) is 11.9 Å². The topological polar surface area (TPSA) is 107 Å². The Balaban J connectivity index is 1.67. The lowest BCUT2D eigenvalue weighted by Crippen LogP contribution is -2.16. The standard InChI is InChI=1S/C12H18N8/c13-19-11-16-10(14-6-1-3-9-4-5-9)17-12(18-11)20-8-2-7-15-20/h2,7-9H,1,3-6,13H2,(H2,14,16,17,18,19). The second-order valence-electron chi connectivity index (χ2n) is 4.89. The molecule has 1 aliphatic carbocycles. The predicted octanol–water partition coefficient (Wildman–Crippen LogP) is 0.945. The van der Waals surface area contributed by atoms with E-state index in [0.29, 0.717) is 17.8 Å². The van der Waals surface area contributed by atoms with Crippen LogP contribution in [0.4, 0.5) is 11.9 Å². The zero-order valence-corrected chi connectivity index (χ0v) is 11.2. The van der Waals surface area contributed by atoms with Crippen LogP contribution in [-0.4, -0.2) is 31.3 Å². The summed E-state index contributed by atoms with van der Waals surface area (Å²) < 4.78 is 1.57. The van der Waals surface area contributed by atoms with Crippen molar-refractivity contribution in [3.8, 4) is 5.95 Å². The van der Waals surface area contributed by atoms with Crippen LogP contribution in [0.15, 0.2) is 18.5 Å². The molecule has 8 nitrogen and oxygen atoms in total. The van der Waals surface area contributed by atoms with E-state index in [1.165, 1.54) is 19.3 Å². The summed E-state index contributed by atoms with van der Waals surface area (Å²) >= 11 is 0. The Bertz CT molecular complexity index is 549. The fourth-order valence-electron chi connectivity index (χ4n) is 2.00. The van der Waals surface area contributed by atoms with Gasteiger partial charge in [-0.2, -0.15) is 20.1 Å². The molecule has 4 N–H and O–H groups in total. The van der Waals surface area contributed by atoms with Gasteiger partial charge in [-0.05, 0) is 24.8 Å². The molecule has 0 amide bonds. The van der Waals surface area contributed by atoms with Gasteiger partial charge in [0.25, 0.3) is 5.95 Å². The van der Waals surface area contributed by atoms with Gasteiger partial charge in [0.15, 0.2) is 0 Å². The van der Waals surface area contributed by atoms with Crippen molar-refractivity contribution in [1.29, 1.82) is 0 Å². The minimum Gasteiger partial charge on any atom is -0.354 e. The highest BCUT2D eigenvalue weighted by Gasteiger charge is 2.20. The van der Waals surface area contributed by atoms with E-state index in [4.69, 9.17) is 5.84 Å². The number of hydrogen-bond acceptors (Lipinski definition) is 7. The van der Waals surface area contributed by atoms with E-state index in [1.54, 1.807) is 17.1 Å². The first kappa shape index (κ1) is 12.8. The first-order valence-corrected chi connectivity index (χ1v) is 6.82. The molecule has 1 saturated carbocycles. The number of rotatable bonds is 7. The van der Waals surface area contributed by atoms with E-state index in [-0.39, 0.29) is 0 Å². The van der Waals surface area contributed by atoms with E-state index in [9.17, 15) is 0 Å². The average Bonchev–Trinajstić information content (AvgIpc) is 3.14. The van der Waals surface area contributed by atoms with Gasteiger partial charge in [-0.1, -0.05) is 12.8 Å². The Morgan fingerprint density at radius 3 is 2.80 bits per heavy atom. The van der Waals surface area contributed by atoms with E-state index in [0.717, 1.165) is 18.9 Å². The van der Waals surface area contributed by atoms with Gasteiger partial charge >= 0.3 is 0 Å². The SMILES string of the molecule is NNc1nc(NCCCC2CC2)nc(-n2cccn2)n1. The van der Waals surface area contributed by atoms with Gasteiger partial charge in [-0.3, -0.25) is 5.43 Å². The number of aromatic nitrogens is 5. The number of nitrogen functional groups attached to an aromatic ring is 1. The summed E-state index contributed by atoms with van der Waals surface area (Å²) in [5.74, 6) is 7.58. The summed E-state index contributed by atoms with van der Waals surface area (Å²) in [5, 5.41) is 7.30. The third kappa shape index (κ3) is 3.21. The van der Waals surface area contributed by atoms with E-state index >= 15 is 0 Å². The van der Waals surface area contributed by atoms with Crippen LogP contribution >= 0.6 is 0 Å². The van der Waals surface area contributed by atoms with Gasteiger partial charge in [0, 0.05) is 18.9 Å². The normalized spacial score (nSPS) is 14.2. The molecule has 0 saturated heterocycles. The van der Waals surface area contributed by atoms with Gasteiger partial charge in [0.1, 0.15) is 0 Å². The molecule has 0 atom stereocenters. The van der Waals surface area contributed by atoms with Crippen LogP contribution in [0, 0.1) is 5.92 Å². The summed E-state index contributed by atoms with van der Waals surface area (Å²) in [6, 6.07) is 1.81. The molecule has 1 fully saturated rings. The highest BCUT2D eigenvalue weighted by Crippen LogP contribution is 2.33. The van der Waals surface area contributed by atoms with Crippen molar-refractivity contribution in [2.24, 2.45) is 11.8 Å². The molecule has 0 aliphatic heterocycles. The van der Waals surface area contributed by atoms with Crippen LogP contribution < -0.4 is 16.6 Å². The second-order valence-corrected chi connectivity index (χ2v) is 4.89. The first-order valence-electron chi connectivity index (χ1n) is 6.82. The molecular formula is C12H18N8. The number of hydrazine groups is 1. The Morgan fingerprint density at radius 1 is 1.25 bits per heavy atom. The molecule has 2 aromatic rings. The predicted molar refractivity (Wildman–Crippen MR) is 75.2 cm³/mol. The number of nitrogens with two attached hydrogens (primary N) is 1. The van der Waals surface area contributed by atoms with Crippen molar-refractivity contribution in [2.75, 3.05) is 17.3 Å². The third-order valence-corrected chi connectivity index (χ3v) is 3.23. The van der Waals surface area contributed by atoms with Crippen LogP contribution in [0.25, 0.3) is 5.95 Å². The lowest BCUT2D eigenvalue weighted by molar-refractivity contribution is 0.684. The Labute approximate surface area is 116 Å². The number of hydrogen-bond donors (Lipinski definition) is 3. The average molecular weight is 274 g/mol. The highest BCUT2D eigenvalue weighted by atomic mass is 15.4. The maximum absolute atomic E-state index is 5.38. The van der Waals surface area contributed by atoms with Crippen LogP contribution in [0.3, 0.4) is 0 Å². The van der Waals surface area contributed by atoms with Crippen molar-refractivity contribution in [1.82, 2.24) is 24.7 Å². The van der Waals surface area contributed by atoms with E-state index in [1.807, 2.05) is 6.07 Å². The molecule has 0 bridgehead atoms. The minimum atomic E-state index is 0.315. The van der Waals surface area contributed by atoms with Crippen LogP contribution in [0.1, 0.15) is 25.7 Å². The maximum atomic E-state index is 5.38. The molecular weight excluding hydrogens is 256 g/mol. The number of anilines is 2. The number of nitrogens with one attached hydrogen (secondary N) is 2. The van der Waals surface area contributed by atoms with Gasteiger partial charge < -0.3 is 5.32 Å². The maximum Gasteiger partial charge on any atom is 0.257 e. The largest absolute Gasteiger partial charge is 0.354 e. The monoisotopic (exact) mass is 274 g/mol. The fraction of sp³-hybridized carbons (Fsp3) is 0.500. The molecule has 20 heavy (non-hydrogen) atoms. The number of nitrogens with zero attached hydrogens (tertiary/aromatic N) is 5. The van der Waals surface area contributed by atoms with E-state index in [2.05, 4.69) is 30.8 Å². The van der Waals surface area contributed by atoms with Gasteiger partial charge in [-0.15, -0.1) is 0 Å². The minimum absolute atomic E-state index is 0.315. The highest BCUT2D eigenvalue weighted by molar-refractivity contribution is 5.36. The lowest BCUT2D eigenvalue weighted by Gasteiger charge is -2.08. The summed E-state index contributed by atoms with van der Waals surface area (Å²) in [5.41, 5.74) is 2.45. The molecule has 2 heterocycles. The van der Waals surface area contributed by atoms with E-state index < -0.39 is 0 Å². The Hall–Kier alpha value is -2.22. The second kappa shape index (κ2) is 5.83. The van der Waals surface area contributed by atoms with Crippen molar-refractivity contribution < 1.29 is 0 Å².